The van der Waals surface area contributed by atoms with Crippen LogP contribution in [0.5, 0.6) is 0 Å². The first-order chi connectivity index (χ1) is 12.8. The van der Waals surface area contributed by atoms with E-state index in [0.29, 0.717) is 38.2 Å². The zero-order valence-electron chi connectivity index (χ0n) is 14.6. The van der Waals surface area contributed by atoms with Gasteiger partial charge in [0.15, 0.2) is 4.90 Å². The van der Waals surface area contributed by atoms with Crippen LogP contribution in [0.3, 0.4) is 0 Å². The van der Waals surface area contributed by atoms with Crippen LogP contribution in [0.4, 0.5) is 9.39 Å². The third-order valence-electron chi connectivity index (χ3n) is 3.79. The first-order valence-electron chi connectivity index (χ1n) is 7.98. The number of hydrogen-bond acceptors (Lipinski definition) is 4. The van der Waals surface area contributed by atoms with Crippen LogP contribution in [-0.4, -0.2) is 21.7 Å². The number of rotatable bonds is 5. The molecule has 140 valence electrons. The van der Waals surface area contributed by atoms with Crippen LogP contribution in [0, 0.1) is 12.7 Å². The zero-order valence-corrected chi connectivity index (χ0v) is 17.0. The number of carbonyl (C=O) groups excluding carboxylic acids is 1. The molecular formula is C19H16ClFN2O2S2. The Labute approximate surface area is 168 Å². The van der Waals surface area contributed by atoms with E-state index in [1.54, 1.807) is 37.3 Å². The highest BCUT2D eigenvalue weighted by Crippen LogP contribution is 2.28. The van der Waals surface area contributed by atoms with Gasteiger partial charge >= 0.3 is 0 Å². The Kier molecular flexibility index (Phi) is 6.16. The van der Waals surface area contributed by atoms with E-state index in [1.807, 2.05) is 0 Å². The fraction of sp³-hybridized carbons (Fsp3) is 0.158. The normalized spacial score (nSPS) is 12.0. The molecule has 1 aromatic heterocycles. The standard InChI is InChI=1S/C19H16ClFN2O2S2/c1-11-19(23-18(24)15-5-3-4-6-16(15)27(2)25)26-17(22-11)9-12-7-13(20)10-14(21)8-12/h3-8,10H,9H2,1-2H3,(H,23,24). The molecule has 2 aromatic carbocycles. The molecule has 1 N–H and O–H groups in total. The van der Waals surface area contributed by atoms with Gasteiger partial charge in [-0.2, -0.15) is 0 Å². The maximum atomic E-state index is 13.5. The van der Waals surface area contributed by atoms with Crippen LogP contribution in [0.2, 0.25) is 5.02 Å². The summed E-state index contributed by atoms with van der Waals surface area (Å²) in [7, 11) is 0. The van der Waals surface area contributed by atoms with E-state index in [9.17, 15) is 13.7 Å². The van der Waals surface area contributed by atoms with E-state index in [1.165, 1.54) is 29.7 Å². The van der Waals surface area contributed by atoms with Gasteiger partial charge < -0.3 is 9.87 Å². The highest BCUT2D eigenvalue weighted by atomic mass is 35.5. The lowest BCUT2D eigenvalue weighted by atomic mass is 10.1. The summed E-state index contributed by atoms with van der Waals surface area (Å²) in [5.41, 5.74) is 1.74. The van der Waals surface area contributed by atoms with Crippen molar-refractivity contribution in [3.63, 3.8) is 0 Å². The Hall–Kier alpha value is -1.93. The topological polar surface area (TPSA) is 65.0 Å². The molecule has 3 aromatic rings. The van der Waals surface area contributed by atoms with Crippen LogP contribution >= 0.6 is 22.9 Å². The van der Waals surface area contributed by atoms with Gasteiger partial charge in [0, 0.05) is 11.4 Å². The molecular weight excluding hydrogens is 407 g/mol. The van der Waals surface area contributed by atoms with Crippen LogP contribution in [0.15, 0.2) is 47.4 Å². The maximum absolute atomic E-state index is 13.5. The third kappa shape index (κ3) is 4.87. The number of nitrogens with one attached hydrogen (secondary N) is 1. The summed E-state index contributed by atoms with van der Waals surface area (Å²) in [5.74, 6) is -0.739. The van der Waals surface area contributed by atoms with Crippen molar-refractivity contribution >= 4 is 45.0 Å². The lowest BCUT2D eigenvalue weighted by molar-refractivity contribution is 0.102. The second kappa shape index (κ2) is 8.39. The Morgan fingerprint density at radius 3 is 2.78 bits per heavy atom. The Bertz CT molecular complexity index is 971. The van der Waals surface area contributed by atoms with E-state index in [0.717, 1.165) is 5.01 Å². The minimum absolute atomic E-state index is 0.330. The van der Waals surface area contributed by atoms with Crippen molar-refractivity contribution in [2.24, 2.45) is 0 Å². The quantitative estimate of drug-likeness (QED) is 0.599. The molecule has 0 saturated carbocycles. The number of hydrogen-bond donors (Lipinski definition) is 1. The summed E-state index contributed by atoms with van der Waals surface area (Å²) < 4.78 is 25.3. The van der Waals surface area contributed by atoms with Crippen molar-refractivity contribution in [2.45, 2.75) is 18.2 Å². The fourth-order valence-electron chi connectivity index (χ4n) is 2.61. The predicted octanol–water partition coefficient (Wildman–Crippen LogP) is 4.82. The molecule has 0 aliphatic heterocycles. The van der Waals surface area contributed by atoms with Crippen LogP contribution in [0.25, 0.3) is 0 Å². The number of nitrogens with zero attached hydrogens (tertiary/aromatic N) is 1. The van der Waals surface area contributed by atoms with Crippen molar-refractivity contribution in [3.05, 3.63) is 75.1 Å². The minimum atomic E-state index is -1.27. The number of benzene rings is 2. The molecule has 27 heavy (non-hydrogen) atoms. The lowest BCUT2D eigenvalue weighted by Gasteiger charge is -2.09. The molecule has 0 aliphatic carbocycles. The van der Waals surface area contributed by atoms with Gasteiger partial charge in [-0.1, -0.05) is 23.7 Å². The van der Waals surface area contributed by atoms with Gasteiger partial charge in [-0.3, -0.25) is 4.79 Å². The van der Waals surface area contributed by atoms with E-state index < -0.39 is 17.0 Å². The molecule has 4 nitrogen and oxygen atoms in total. The lowest BCUT2D eigenvalue weighted by Crippen LogP contribution is -2.15. The Balaban J connectivity index is 1.80. The molecule has 0 spiro atoms. The summed E-state index contributed by atoms with van der Waals surface area (Å²) in [6, 6.07) is 11.1. The van der Waals surface area contributed by atoms with Gasteiger partial charge in [-0.15, -0.1) is 11.3 Å². The third-order valence-corrected chi connectivity index (χ3v) is 6.05. The summed E-state index contributed by atoms with van der Waals surface area (Å²) in [6.07, 6.45) is 1.95. The number of thiazole rings is 1. The van der Waals surface area contributed by atoms with E-state index in [4.69, 9.17) is 11.6 Å². The molecule has 0 aliphatic rings. The van der Waals surface area contributed by atoms with Crippen LogP contribution in [-0.2, 0) is 17.6 Å². The molecule has 8 heteroatoms. The molecule has 1 atom stereocenters. The average molecular weight is 423 g/mol. The smallest absolute Gasteiger partial charge is 0.261 e. The van der Waals surface area contributed by atoms with Crippen LogP contribution in [0.1, 0.15) is 26.6 Å². The largest absolute Gasteiger partial charge is 0.612 e. The molecule has 0 bridgehead atoms. The Morgan fingerprint density at radius 2 is 2.07 bits per heavy atom. The number of aryl methyl sites for hydroxylation is 1. The molecule has 1 heterocycles. The number of halogens is 2. The first kappa shape index (κ1) is 19.8. The predicted molar refractivity (Wildman–Crippen MR) is 108 cm³/mol. The van der Waals surface area contributed by atoms with Gasteiger partial charge in [-0.05, 0) is 54.0 Å². The van der Waals surface area contributed by atoms with Crippen molar-refractivity contribution in [3.8, 4) is 0 Å². The van der Waals surface area contributed by atoms with E-state index in [2.05, 4.69) is 10.3 Å². The number of anilines is 1. The van der Waals surface area contributed by atoms with Gasteiger partial charge in [0.25, 0.3) is 5.91 Å². The first-order valence-corrected chi connectivity index (χ1v) is 10.7. The minimum Gasteiger partial charge on any atom is -0.612 e. The molecule has 0 radical (unpaired) electrons. The fourth-order valence-corrected chi connectivity index (χ4v) is 4.59. The molecule has 1 amide bonds. The summed E-state index contributed by atoms with van der Waals surface area (Å²) in [6.45, 7) is 1.79. The molecule has 0 fully saturated rings. The van der Waals surface area contributed by atoms with Crippen molar-refractivity contribution in [1.29, 1.82) is 0 Å². The summed E-state index contributed by atoms with van der Waals surface area (Å²) in [5, 5.41) is 4.50. The second-order valence-corrected chi connectivity index (χ2v) is 8.75. The highest BCUT2D eigenvalue weighted by Gasteiger charge is 2.19. The summed E-state index contributed by atoms with van der Waals surface area (Å²) >= 11 is 5.94. The van der Waals surface area contributed by atoms with Gasteiger partial charge in [0.2, 0.25) is 0 Å². The molecule has 0 saturated heterocycles. The van der Waals surface area contributed by atoms with Gasteiger partial charge in [0.05, 0.1) is 16.3 Å². The SMILES string of the molecule is Cc1nc(Cc2cc(F)cc(Cl)c2)sc1NC(=O)c1ccccc1[S+](C)[O-]. The summed E-state index contributed by atoms with van der Waals surface area (Å²) in [4.78, 5) is 17.5. The molecule has 3 rings (SSSR count). The van der Waals surface area contributed by atoms with Crippen molar-refractivity contribution in [1.82, 2.24) is 4.98 Å². The average Bonchev–Trinajstić information content (AvgIpc) is 2.92. The van der Waals surface area contributed by atoms with E-state index in [-0.39, 0.29) is 5.91 Å². The van der Waals surface area contributed by atoms with E-state index >= 15 is 0 Å². The second-order valence-electron chi connectivity index (χ2n) is 5.88. The van der Waals surface area contributed by atoms with Crippen molar-refractivity contribution < 1.29 is 13.7 Å². The van der Waals surface area contributed by atoms with Gasteiger partial charge in [-0.25, -0.2) is 9.37 Å². The highest BCUT2D eigenvalue weighted by molar-refractivity contribution is 7.90. The molecule has 1 unspecified atom stereocenters. The number of carbonyl (C=O) groups is 1. The maximum Gasteiger partial charge on any atom is 0.261 e. The number of aromatic nitrogens is 1. The van der Waals surface area contributed by atoms with Crippen LogP contribution < -0.4 is 5.32 Å². The number of amides is 1. The van der Waals surface area contributed by atoms with Crippen molar-refractivity contribution in [2.75, 3.05) is 11.6 Å². The zero-order chi connectivity index (χ0) is 19.6. The van der Waals surface area contributed by atoms with Gasteiger partial charge in [0.1, 0.15) is 17.1 Å². The Morgan fingerprint density at radius 1 is 1.33 bits per heavy atom. The monoisotopic (exact) mass is 422 g/mol.